The second-order valence-electron chi connectivity index (χ2n) is 7.81. The van der Waals surface area contributed by atoms with Crippen LogP contribution >= 0.6 is 14.9 Å². The van der Waals surface area contributed by atoms with Crippen molar-refractivity contribution in [2.24, 2.45) is 0 Å². The molecule has 6 nitrogen and oxygen atoms in total. The van der Waals surface area contributed by atoms with E-state index in [9.17, 15) is 27.5 Å². The molecular formula is C24H27F3O6P2S. The first-order valence-corrected chi connectivity index (χ1v) is 16.0. The summed E-state index contributed by atoms with van der Waals surface area (Å²) in [6.45, 7) is 4.26. The van der Waals surface area contributed by atoms with Crippen molar-refractivity contribution < 1.29 is 40.5 Å². The summed E-state index contributed by atoms with van der Waals surface area (Å²) >= 11 is 0. The number of hydrogen-bond donors (Lipinski definition) is 2. The fraction of sp³-hybridized carbons (Fsp3) is 0.250. The topological polar surface area (TPSA) is 115 Å². The van der Waals surface area contributed by atoms with Gasteiger partial charge in [0.15, 0.2) is 16.0 Å². The number of halogens is 3. The summed E-state index contributed by atoms with van der Waals surface area (Å²) in [5.41, 5.74) is -3.17. The Balaban J connectivity index is 0.000000493. The Labute approximate surface area is 209 Å². The normalized spacial score (nSPS) is 12.6. The average Bonchev–Trinajstić information content (AvgIpc) is 2.81. The molecule has 12 heteroatoms. The highest BCUT2D eigenvalue weighted by atomic mass is 32.2. The number of rotatable bonds is 7. The van der Waals surface area contributed by atoms with Crippen molar-refractivity contribution in [3.05, 3.63) is 90.0 Å². The summed E-state index contributed by atoms with van der Waals surface area (Å²) in [4.78, 5) is 20.3. The maximum atomic E-state index is 12.4. The van der Waals surface area contributed by atoms with Gasteiger partial charge in [0, 0.05) is 0 Å². The summed E-state index contributed by atoms with van der Waals surface area (Å²) in [5, 5.41) is 3.11. The minimum atomic E-state index is -6.09. The molecule has 0 aliphatic heterocycles. The third-order valence-corrected chi connectivity index (χ3v) is 12.8. The fourth-order valence-electron chi connectivity index (χ4n) is 4.03. The van der Waals surface area contributed by atoms with Crippen LogP contribution in [0.1, 0.15) is 25.0 Å². The predicted octanol–water partition coefficient (Wildman–Crippen LogP) is 4.29. The third kappa shape index (κ3) is 7.25. The van der Waals surface area contributed by atoms with Crippen LogP contribution in [-0.4, -0.2) is 34.2 Å². The molecule has 0 heterocycles. The summed E-state index contributed by atoms with van der Waals surface area (Å²) < 4.78 is 71.3. The largest absolute Gasteiger partial charge is 0.741 e. The Bertz CT molecular complexity index is 1250. The van der Waals surface area contributed by atoms with Gasteiger partial charge in [-0.1, -0.05) is 62.4 Å². The quantitative estimate of drug-likeness (QED) is 0.252. The number of hydrogen-bond acceptors (Lipinski definition) is 4. The molecular weight excluding hydrogens is 535 g/mol. The van der Waals surface area contributed by atoms with E-state index in [1.165, 1.54) is 11.1 Å². The molecule has 3 rings (SSSR count). The van der Waals surface area contributed by atoms with Crippen LogP contribution in [0.2, 0.25) is 0 Å². The molecule has 36 heavy (non-hydrogen) atoms. The molecule has 0 aliphatic rings. The Morgan fingerprint density at radius 2 is 1.28 bits per heavy atom. The molecule has 0 aromatic heterocycles. The second kappa shape index (κ2) is 12.0. The Morgan fingerprint density at radius 1 is 0.833 bits per heavy atom. The minimum absolute atomic E-state index is 0.159. The smallest absolute Gasteiger partial charge is 0.485 e. The molecule has 0 fully saturated rings. The predicted molar refractivity (Wildman–Crippen MR) is 137 cm³/mol. The van der Waals surface area contributed by atoms with Gasteiger partial charge in [-0.15, -0.1) is 0 Å². The zero-order chi connectivity index (χ0) is 27.2. The van der Waals surface area contributed by atoms with E-state index in [1.54, 1.807) is 0 Å². The van der Waals surface area contributed by atoms with E-state index in [1.807, 2.05) is 66.7 Å². The van der Waals surface area contributed by atoms with Crippen LogP contribution in [0.3, 0.4) is 0 Å². The first kappa shape index (κ1) is 30.2. The van der Waals surface area contributed by atoms with Crippen LogP contribution in [0.15, 0.2) is 78.9 Å². The summed E-state index contributed by atoms with van der Waals surface area (Å²) in [6.07, 6.45) is 1.73. The molecule has 3 aromatic carbocycles. The standard InChI is InChI=1S/C23H26O3P2.CHF3O3S/c1-3-19-12-11-17-23(22(19)4-2)27(18-28(24,25)26,20-13-7-5-8-14-20)21-15-9-6-10-16-21;2-1(3,4)8(5,6)7/h5-17H,3-4,18H2,1-2H3,(H-,24,25,26);(H,5,6,7). The SMILES string of the molecule is CCc1cccc([P+](CP(=O)(O)O)(c2ccccc2)c2ccccc2)c1CC.O=S(=O)([O-])C(F)(F)F. The van der Waals surface area contributed by atoms with Crippen molar-refractivity contribution in [2.45, 2.75) is 32.2 Å². The van der Waals surface area contributed by atoms with E-state index in [2.05, 4.69) is 26.0 Å². The lowest BCUT2D eigenvalue weighted by Crippen LogP contribution is -2.35. The van der Waals surface area contributed by atoms with Crippen molar-refractivity contribution in [3.63, 3.8) is 0 Å². The number of alkyl halides is 3. The highest BCUT2D eigenvalue weighted by Crippen LogP contribution is 2.64. The lowest BCUT2D eigenvalue weighted by Gasteiger charge is -2.30. The molecule has 0 unspecified atom stereocenters. The summed E-state index contributed by atoms with van der Waals surface area (Å²) in [7, 11) is -12.9. The highest BCUT2D eigenvalue weighted by molar-refractivity contribution is 8.00. The van der Waals surface area contributed by atoms with E-state index < -0.39 is 30.5 Å². The molecule has 0 saturated heterocycles. The average molecular weight is 562 g/mol. The lowest BCUT2D eigenvalue weighted by molar-refractivity contribution is -0.0517. The lowest BCUT2D eigenvalue weighted by atomic mass is 10.0. The molecule has 0 bridgehead atoms. The van der Waals surface area contributed by atoms with Gasteiger partial charge in [0.25, 0.3) is 0 Å². The maximum Gasteiger partial charge on any atom is 0.485 e. The number of benzene rings is 3. The monoisotopic (exact) mass is 562 g/mol. The van der Waals surface area contributed by atoms with Gasteiger partial charge in [-0.25, -0.2) is 8.42 Å². The Hall–Kier alpha value is -2.06. The first-order chi connectivity index (χ1) is 16.7. The zero-order valence-electron chi connectivity index (χ0n) is 19.6. The van der Waals surface area contributed by atoms with Gasteiger partial charge in [0.1, 0.15) is 23.2 Å². The fourth-order valence-corrected chi connectivity index (χ4v) is 11.5. The molecule has 0 aliphatic carbocycles. The first-order valence-electron chi connectivity index (χ1n) is 10.8. The molecule has 0 radical (unpaired) electrons. The van der Waals surface area contributed by atoms with Gasteiger partial charge in [-0.2, -0.15) is 13.2 Å². The molecule has 0 spiro atoms. The summed E-state index contributed by atoms with van der Waals surface area (Å²) in [5.74, 6) is -0.159. The van der Waals surface area contributed by atoms with E-state index >= 15 is 0 Å². The molecule has 196 valence electrons. The molecule has 0 saturated carbocycles. The zero-order valence-corrected chi connectivity index (χ0v) is 22.2. The van der Waals surface area contributed by atoms with Gasteiger partial charge < -0.3 is 14.3 Å². The minimum Gasteiger partial charge on any atom is -0.741 e. The van der Waals surface area contributed by atoms with Gasteiger partial charge in [0.05, 0.1) is 0 Å². The molecule has 2 N–H and O–H groups in total. The van der Waals surface area contributed by atoms with Crippen LogP contribution in [0, 0.1) is 0 Å². The van der Waals surface area contributed by atoms with Crippen LogP contribution in [0.4, 0.5) is 13.2 Å². The Kier molecular flexibility index (Phi) is 10.0. The third-order valence-electron chi connectivity index (χ3n) is 5.47. The van der Waals surface area contributed by atoms with Crippen molar-refractivity contribution in [1.82, 2.24) is 0 Å². The van der Waals surface area contributed by atoms with Crippen molar-refractivity contribution in [2.75, 3.05) is 5.90 Å². The van der Waals surface area contributed by atoms with E-state index in [0.29, 0.717) is 0 Å². The number of aryl methyl sites for hydroxylation is 1. The van der Waals surface area contributed by atoms with Crippen molar-refractivity contribution >= 4 is 40.9 Å². The van der Waals surface area contributed by atoms with Gasteiger partial charge >= 0.3 is 13.1 Å². The molecule has 3 aromatic rings. The Morgan fingerprint density at radius 3 is 1.61 bits per heavy atom. The van der Waals surface area contributed by atoms with Crippen molar-refractivity contribution in [1.29, 1.82) is 0 Å². The van der Waals surface area contributed by atoms with Gasteiger partial charge in [0.2, 0.25) is 0 Å². The van der Waals surface area contributed by atoms with Gasteiger partial charge in [-0.05, 0) is 54.3 Å². The summed E-state index contributed by atoms with van der Waals surface area (Å²) in [6, 6.07) is 26.1. The maximum absolute atomic E-state index is 12.4. The van der Waals surface area contributed by atoms with E-state index in [4.69, 9.17) is 13.0 Å². The van der Waals surface area contributed by atoms with Crippen molar-refractivity contribution in [3.8, 4) is 0 Å². The van der Waals surface area contributed by atoms with Crippen LogP contribution in [0.5, 0.6) is 0 Å². The molecule has 0 amide bonds. The van der Waals surface area contributed by atoms with E-state index in [0.717, 1.165) is 28.8 Å². The van der Waals surface area contributed by atoms with Gasteiger partial charge in [-0.3, -0.25) is 4.57 Å². The highest BCUT2D eigenvalue weighted by Gasteiger charge is 2.51. The molecule has 0 atom stereocenters. The van der Waals surface area contributed by atoms with Crippen LogP contribution in [-0.2, 0) is 27.5 Å². The van der Waals surface area contributed by atoms with E-state index in [-0.39, 0.29) is 5.90 Å². The van der Waals surface area contributed by atoms with Crippen LogP contribution in [0.25, 0.3) is 0 Å². The van der Waals surface area contributed by atoms with Crippen LogP contribution < -0.4 is 15.9 Å². The second-order valence-corrected chi connectivity index (χ2v) is 14.8.